The third-order valence-electron chi connectivity index (χ3n) is 2.33. The first-order chi connectivity index (χ1) is 8.09. The summed E-state index contributed by atoms with van der Waals surface area (Å²) in [6.07, 6.45) is 2.59. The van der Waals surface area contributed by atoms with Gasteiger partial charge in [0.2, 0.25) is 0 Å². The van der Waals surface area contributed by atoms with Crippen molar-refractivity contribution in [1.29, 1.82) is 0 Å². The Labute approximate surface area is 101 Å². The van der Waals surface area contributed by atoms with Gasteiger partial charge in [-0.05, 0) is 45.7 Å². The van der Waals surface area contributed by atoms with Crippen LogP contribution >= 0.6 is 0 Å². The smallest absolute Gasteiger partial charge is 0.335 e. The highest BCUT2D eigenvalue weighted by molar-refractivity contribution is 5.87. The third-order valence-corrected chi connectivity index (χ3v) is 2.33. The van der Waals surface area contributed by atoms with Crippen molar-refractivity contribution in [1.82, 2.24) is 15.2 Å². The monoisotopic (exact) mass is 237 g/mol. The molecule has 0 saturated carbocycles. The molecule has 2 N–H and O–H groups in total. The minimum atomic E-state index is -0.916. The number of nitrogens with zero attached hydrogens (tertiary/aromatic N) is 2. The van der Waals surface area contributed by atoms with Gasteiger partial charge in [0, 0.05) is 12.7 Å². The lowest BCUT2D eigenvalue weighted by Gasteiger charge is -2.09. The maximum absolute atomic E-state index is 10.8. The van der Waals surface area contributed by atoms with Gasteiger partial charge in [0.05, 0.1) is 11.3 Å². The van der Waals surface area contributed by atoms with Gasteiger partial charge in [-0.15, -0.1) is 0 Å². The van der Waals surface area contributed by atoms with Crippen molar-refractivity contribution in [3.05, 3.63) is 29.6 Å². The molecule has 0 aliphatic heterocycles. The molecule has 0 aliphatic rings. The summed E-state index contributed by atoms with van der Waals surface area (Å²) >= 11 is 0. The van der Waals surface area contributed by atoms with Crippen molar-refractivity contribution >= 4 is 5.97 Å². The van der Waals surface area contributed by atoms with Crippen molar-refractivity contribution < 1.29 is 9.90 Å². The molecule has 0 amide bonds. The van der Waals surface area contributed by atoms with Crippen LogP contribution in [0.15, 0.2) is 18.3 Å². The fraction of sp³-hybridized carbons (Fsp3) is 0.500. The molecule has 0 saturated heterocycles. The molecule has 0 aromatic carbocycles. The fourth-order valence-corrected chi connectivity index (χ4v) is 1.44. The van der Waals surface area contributed by atoms with E-state index in [-0.39, 0.29) is 5.56 Å². The molecule has 94 valence electrons. The van der Waals surface area contributed by atoms with Crippen LogP contribution < -0.4 is 5.32 Å². The summed E-state index contributed by atoms with van der Waals surface area (Å²) < 4.78 is 0. The normalized spacial score (nSPS) is 10.8. The van der Waals surface area contributed by atoms with Crippen LogP contribution in [-0.4, -0.2) is 48.1 Å². The van der Waals surface area contributed by atoms with E-state index < -0.39 is 5.97 Å². The van der Waals surface area contributed by atoms with Gasteiger partial charge in [-0.25, -0.2) is 4.79 Å². The predicted octanol–water partition coefficient (Wildman–Crippen LogP) is 0.821. The summed E-state index contributed by atoms with van der Waals surface area (Å²) in [5, 5.41) is 12.1. The van der Waals surface area contributed by atoms with E-state index in [1.165, 1.54) is 12.3 Å². The first-order valence-corrected chi connectivity index (χ1v) is 5.63. The molecule has 1 aromatic rings. The van der Waals surface area contributed by atoms with Crippen molar-refractivity contribution in [3.8, 4) is 0 Å². The summed E-state index contributed by atoms with van der Waals surface area (Å²) in [6, 6.07) is 3.10. The molecule has 0 atom stereocenters. The zero-order valence-corrected chi connectivity index (χ0v) is 10.3. The summed E-state index contributed by atoms with van der Waals surface area (Å²) in [5.41, 5.74) is 1.04. The van der Waals surface area contributed by atoms with E-state index >= 15 is 0 Å². The van der Waals surface area contributed by atoms with Crippen LogP contribution in [-0.2, 0) is 6.54 Å². The van der Waals surface area contributed by atoms with Gasteiger partial charge >= 0.3 is 5.97 Å². The summed E-state index contributed by atoms with van der Waals surface area (Å²) in [5.74, 6) is -0.916. The first-order valence-electron chi connectivity index (χ1n) is 5.63. The summed E-state index contributed by atoms with van der Waals surface area (Å²) in [6.45, 7) is 2.54. The van der Waals surface area contributed by atoms with E-state index in [4.69, 9.17) is 5.11 Å². The average Bonchev–Trinajstić information content (AvgIpc) is 2.28. The number of aromatic nitrogens is 1. The third kappa shape index (κ3) is 5.42. The molecule has 0 spiro atoms. The highest BCUT2D eigenvalue weighted by Gasteiger charge is 2.03. The minimum absolute atomic E-state index is 0.282. The Morgan fingerprint density at radius 1 is 1.53 bits per heavy atom. The number of carboxylic acids is 1. The second-order valence-electron chi connectivity index (χ2n) is 4.17. The van der Waals surface area contributed by atoms with Gasteiger partial charge in [0.15, 0.2) is 0 Å². The molecule has 0 aliphatic carbocycles. The number of pyridine rings is 1. The lowest BCUT2D eigenvalue weighted by Crippen LogP contribution is -2.21. The minimum Gasteiger partial charge on any atom is -0.478 e. The van der Waals surface area contributed by atoms with Gasteiger partial charge in [-0.3, -0.25) is 4.98 Å². The quantitative estimate of drug-likeness (QED) is 0.687. The van der Waals surface area contributed by atoms with E-state index in [1.807, 2.05) is 14.1 Å². The van der Waals surface area contributed by atoms with Crippen molar-refractivity contribution in [2.45, 2.75) is 13.0 Å². The predicted molar refractivity (Wildman–Crippen MR) is 66.1 cm³/mol. The lowest BCUT2D eigenvalue weighted by atomic mass is 10.2. The molecule has 1 heterocycles. The molecular weight excluding hydrogens is 218 g/mol. The molecular formula is C12H19N3O2. The number of rotatable bonds is 7. The Kier molecular flexibility index (Phi) is 5.59. The molecule has 0 unspecified atom stereocenters. The molecule has 0 fully saturated rings. The van der Waals surface area contributed by atoms with E-state index in [0.29, 0.717) is 6.54 Å². The lowest BCUT2D eigenvalue weighted by molar-refractivity contribution is 0.0696. The van der Waals surface area contributed by atoms with Crippen LogP contribution in [0.5, 0.6) is 0 Å². The van der Waals surface area contributed by atoms with Gasteiger partial charge in [0.1, 0.15) is 0 Å². The molecule has 5 nitrogen and oxygen atoms in total. The molecule has 5 heteroatoms. The Bertz CT molecular complexity index is 367. The molecule has 1 rings (SSSR count). The number of carbonyl (C=O) groups is 1. The van der Waals surface area contributed by atoms with Gasteiger partial charge < -0.3 is 15.3 Å². The highest BCUT2D eigenvalue weighted by Crippen LogP contribution is 2.01. The fourth-order valence-electron chi connectivity index (χ4n) is 1.44. The second kappa shape index (κ2) is 6.98. The number of aromatic carboxylic acids is 1. The van der Waals surface area contributed by atoms with Crippen molar-refractivity contribution in [2.75, 3.05) is 27.2 Å². The van der Waals surface area contributed by atoms with E-state index in [2.05, 4.69) is 15.2 Å². The molecule has 17 heavy (non-hydrogen) atoms. The van der Waals surface area contributed by atoms with Crippen LogP contribution in [0.4, 0.5) is 0 Å². The zero-order chi connectivity index (χ0) is 12.7. The van der Waals surface area contributed by atoms with Gasteiger partial charge in [-0.2, -0.15) is 0 Å². The maximum atomic E-state index is 10.8. The largest absolute Gasteiger partial charge is 0.478 e. The van der Waals surface area contributed by atoms with Crippen molar-refractivity contribution in [3.63, 3.8) is 0 Å². The number of nitrogens with one attached hydrogen (secondary N) is 1. The first kappa shape index (κ1) is 13.6. The maximum Gasteiger partial charge on any atom is 0.335 e. The standard InChI is InChI=1S/C12H19N3O2/c1-15(2)7-3-5-13-9-11-8-10(12(16)17)4-6-14-11/h4,6,8,13H,3,5,7,9H2,1-2H3,(H,16,17). The molecule has 0 bridgehead atoms. The van der Waals surface area contributed by atoms with Gasteiger partial charge in [-0.1, -0.05) is 0 Å². The topological polar surface area (TPSA) is 65.5 Å². The number of hydrogen-bond donors (Lipinski definition) is 2. The van der Waals surface area contributed by atoms with E-state index in [9.17, 15) is 4.79 Å². The number of hydrogen-bond acceptors (Lipinski definition) is 4. The summed E-state index contributed by atoms with van der Waals surface area (Å²) in [7, 11) is 4.08. The highest BCUT2D eigenvalue weighted by atomic mass is 16.4. The van der Waals surface area contributed by atoms with E-state index in [0.717, 1.165) is 25.2 Å². The van der Waals surface area contributed by atoms with Crippen molar-refractivity contribution in [2.24, 2.45) is 0 Å². The second-order valence-corrected chi connectivity index (χ2v) is 4.17. The molecule has 0 radical (unpaired) electrons. The van der Waals surface area contributed by atoms with Crippen LogP contribution in [0, 0.1) is 0 Å². The number of carboxylic acid groups (broad SMARTS) is 1. The zero-order valence-electron chi connectivity index (χ0n) is 10.3. The Morgan fingerprint density at radius 3 is 2.94 bits per heavy atom. The summed E-state index contributed by atoms with van der Waals surface area (Å²) in [4.78, 5) is 17.0. The SMILES string of the molecule is CN(C)CCCNCc1cc(C(=O)O)ccn1. The van der Waals surface area contributed by atoms with Crippen LogP contribution in [0.1, 0.15) is 22.5 Å². The van der Waals surface area contributed by atoms with Gasteiger partial charge in [0.25, 0.3) is 0 Å². The van der Waals surface area contributed by atoms with Crippen LogP contribution in [0.2, 0.25) is 0 Å². The van der Waals surface area contributed by atoms with E-state index in [1.54, 1.807) is 6.07 Å². The Balaban J connectivity index is 2.31. The average molecular weight is 237 g/mol. The Hall–Kier alpha value is -1.46. The van der Waals surface area contributed by atoms with Crippen LogP contribution in [0.25, 0.3) is 0 Å². The molecule has 1 aromatic heterocycles. The Morgan fingerprint density at radius 2 is 2.29 bits per heavy atom. The van der Waals surface area contributed by atoms with Crippen LogP contribution in [0.3, 0.4) is 0 Å².